The van der Waals surface area contributed by atoms with E-state index in [4.69, 9.17) is 0 Å². The highest BCUT2D eigenvalue weighted by Crippen LogP contribution is 2.59. The molecule has 1 N–H and O–H groups in total. The number of para-hydroxylation sites is 1. The highest BCUT2D eigenvalue weighted by Gasteiger charge is 2.62. The predicted molar refractivity (Wildman–Crippen MR) is 150 cm³/mol. The zero-order chi connectivity index (χ0) is 27.7. The normalized spacial score (nSPS) is 29.5. The van der Waals surface area contributed by atoms with Gasteiger partial charge in [-0.1, -0.05) is 42.0 Å². The second-order valence-electron chi connectivity index (χ2n) is 11.2. The number of likely N-dealkylation sites (tertiary alicyclic amines) is 2. The zero-order valence-electron chi connectivity index (χ0n) is 21.9. The molecule has 204 valence electrons. The lowest BCUT2D eigenvalue weighted by Crippen LogP contribution is -2.43. The van der Waals surface area contributed by atoms with Crippen LogP contribution in [-0.2, 0) is 32.3 Å². The van der Waals surface area contributed by atoms with Crippen molar-refractivity contribution in [3.63, 3.8) is 0 Å². The lowest BCUT2D eigenvalue weighted by Gasteiger charge is -2.44. The summed E-state index contributed by atoms with van der Waals surface area (Å²) in [5, 5.41) is 15.0. The van der Waals surface area contributed by atoms with Crippen LogP contribution in [0.15, 0.2) is 64.9 Å². The molecule has 2 aliphatic carbocycles. The fraction of sp³-hybridized carbons (Fsp3) is 0.355. The SMILES string of the molecule is Cc1cccc([C@H]2C3=CC[C@@H]4C(=O)N(Cc5cccs5)C(=O)[C@@H]4[C@@H]3C[C@H]3C(=O)N(Cc4cccs4)C(=O)[C@@H]23)c1O. The van der Waals surface area contributed by atoms with Crippen LogP contribution >= 0.6 is 22.7 Å². The molecule has 4 amide bonds. The number of rotatable bonds is 5. The van der Waals surface area contributed by atoms with Crippen molar-refractivity contribution in [3.05, 3.63) is 85.8 Å². The van der Waals surface area contributed by atoms with Crippen LogP contribution in [0.4, 0.5) is 0 Å². The summed E-state index contributed by atoms with van der Waals surface area (Å²) in [4.78, 5) is 59.8. The molecule has 7 nitrogen and oxygen atoms in total. The number of imide groups is 2. The lowest BCUT2D eigenvalue weighted by molar-refractivity contribution is -0.142. The number of hydrogen-bond acceptors (Lipinski definition) is 7. The van der Waals surface area contributed by atoms with Gasteiger partial charge in [0.1, 0.15) is 5.75 Å². The molecule has 4 heterocycles. The van der Waals surface area contributed by atoms with Gasteiger partial charge in [0.05, 0.1) is 36.8 Å². The average Bonchev–Trinajstić information content (AvgIpc) is 3.74. The molecule has 1 saturated carbocycles. The van der Waals surface area contributed by atoms with Crippen LogP contribution in [0.5, 0.6) is 5.75 Å². The summed E-state index contributed by atoms with van der Waals surface area (Å²) in [5.41, 5.74) is 2.20. The second kappa shape index (κ2) is 9.52. The largest absolute Gasteiger partial charge is 0.507 e. The van der Waals surface area contributed by atoms with Crippen molar-refractivity contribution in [2.45, 2.75) is 38.8 Å². The molecule has 9 heteroatoms. The number of aromatic hydroxyl groups is 1. The second-order valence-corrected chi connectivity index (χ2v) is 13.3. The third kappa shape index (κ3) is 3.74. The Labute approximate surface area is 239 Å². The van der Waals surface area contributed by atoms with E-state index in [-0.39, 0.29) is 48.4 Å². The molecule has 7 rings (SSSR count). The van der Waals surface area contributed by atoms with Gasteiger partial charge in [-0.05, 0) is 54.1 Å². The Kier molecular flexibility index (Phi) is 6.05. The van der Waals surface area contributed by atoms with Gasteiger partial charge in [-0.3, -0.25) is 29.0 Å². The molecular weight excluding hydrogens is 544 g/mol. The van der Waals surface area contributed by atoms with Gasteiger partial charge in [0.25, 0.3) is 0 Å². The highest BCUT2D eigenvalue weighted by atomic mass is 32.1. The molecule has 2 aromatic heterocycles. The summed E-state index contributed by atoms with van der Waals surface area (Å²) in [7, 11) is 0. The summed E-state index contributed by atoms with van der Waals surface area (Å²) in [5.74, 6) is -3.92. The molecule has 4 aliphatic rings. The number of allylic oxidation sites excluding steroid dienone is 2. The average molecular weight is 573 g/mol. The van der Waals surface area contributed by atoms with E-state index < -0.39 is 29.6 Å². The van der Waals surface area contributed by atoms with E-state index in [1.54, 1.807) is 0 Å². The molecule has 0 radical (unpaired) electrons. The Morgan fingerprint density at radius 1 is 0.775 bits per heavy atom. The first kappa shape index (κ1) is 25.4. The maximum atomic E-state index is 14.0. The summed E-state index contributed by atoms with van der Waals surface area (Å²) < 4.78 is 0. The summed E-state index contributed by atoms with van der Waals surface area (Å²) >= 11 is 3.01. The van der Waals surface area contributed by atoms with Crippen LogP contribution in [0, 0.1) is 36.5 Å². The number of carbonyl (C=O) groups is 4. The van der Waals surface area contributed by atoms with E-state index in [1.807, 2.05) is 66.2 Å². The third-order valence-corrected chi connectivity index (χ3v) is 10.9. The topological polar surface area (TPSA) is 95.0 Å². The number of amides is 4. The molecular formula is C31H28N2O5S2. The molecule has 0 spiro atoms. The Bertz CT molecular complexity index is 1560. The zero-order valence-corrected chi connectivity index (χ0v) is 23.5. The van der Waals surface area contributed by atoms with Crippen molar-refractivity contribution in [2.24, 2.45) is 29.6 Å². The van der Waals surface area contributed by atoms with Crippen molar-refractivity contribution in [1.29, 1.82) is 0 Å². The van der Waals surface area contributed by atoms with Crippen LogP contribution in [0.25, 0.3) is 0 Å². The van der Waals surface area contributed by atoms with Crippen molar-refractivity contribution >= 4 is 46.3 Å². The van der Waals surface area contributed by atoms with E-state index in [2.05, 4.69) is 0 Å². The summed E-state index contributed by atoms with van der Waals surface area (Å²) in [6, 6.07) is 13.1. The van der Waals surface area contributed by atoms with Gasteiger partial charge in [0.15, 0.2) is 0 Å². The number of phenolic OH excluding ortho intramolecular Hbond substituents is 1. The van der Waals surface area contributed by atoms with E-state index in [0.717, 1.165) is 15.3 Å². The van der Waals surface area contributed by atoms with Crippen molar-refractivity contribution in [2.75, 3.05) is 0 Å². The van der Waals surface area contributed by atoms with Crippen LogP contribution in [-0.4, -0.2) is 38.5 Å². The number of aryl methyl sites for hydroxylation is 1. The Morgan fingerprint density at radius 2 is 1.40 bits per heavy atom. The van der Waals surface area contributed by atoms with Gasteiger partial charge in [-0.25, -0.2) is 0 Å². The number of hydrogen-bond donors (Lipinski definition) is 1. The standard InChI is InChI=1S/C31H28N2O5S2/c1-16-5-2-8-20(27(16)34)24-19-9-10-21-25(30(37)32(28(21)35)14-17-6-3-11-39-17)22(19)13-23-26(24)31(38)33(29(23)36)15-18-7-4-12-40-18/h2-9,11-12,21-26,34H,10,13-15H2,1H3/t21-,22+,23+,24+,25-,26+/m0/s1. The Balaban J connectivity index is 1.30. The third-order valence-electron chi connectivity index (χ3n) is 9.22. The molecule has 0 bridgehead atoms. The Morgan fingerprint density at radius 3 is 2.02 bits per heavy atom. The number of thiophene rings is 2. The fourth-order valence-electron chi connectivity index (χ4n) is 7.43. The monoisotopic (exact) mass is 572 g/mol. The van der Waals surface area contributed by atoms with E-state index in [9.17, 15) is 24.3 Å². The van der Waals surface area contributed by atoms with Crippen molar-refractivity contribution in [1.82, 2.24) is 9.80 Å². The first-order valence-corrected chi connectivity index (χ1v) is 15.3. The predicted octanol–water partition coefficient (Wildman–Crippen LogP) is 4.86. The molecule has 40 heavy (non-hydrogen) atoms. The quantitative estimate of drug-likeness (QED) is 0.348. The van der Waals surface area contributed by atoms with Gasteiger partial charge < -0.3 is 5.11 Å². The number of benzene rings is 1. The van der Waals surface area contributed by atoms with Crippen LogP contribution < -0.4 is 0 Å². The van der Waals surface area contributed by atoms with E-state index in [1.165, 1.54) is 32.5 Å². The van der Waals surface area contributed by atoms with Crippen LogP contribution in [0.3, 0.4) is 0 Å². The molecule has 2 saturated heterocycles. The maximum Gasteiger partial charge on any atom is 0.234 e. The van der Waals surface area contributed by atoms with Gasteiger partial charge in [-0.15, -0.1) is 22.7 Å². The lowest BCUT2D eigenvalue weighted by atomic mass is 9.57. The van der Waals surface area contributed by atoms with Gasteiger partial charge in [0, 0.05) is 21.2 Å². The molecule has 2 aliphatic heterocycles. The van der Waals surface area contributed by atoms with Crippen molar-refractivity contribution < 1.29 is 24.3 Å². The number of fused-ring (bicyclic) bond motifs is 4. The van der Waals surface area contributed by atoms with E-state index in [0.29, 0.717) is 24.0 Å². The van der Waals surface area contributed by atoms with Crippen molar-refractivity contribution in [3.8, 4) is 5.75 Å². The van der Waals surface area contributed by atoms with Crippen LogP contribution in [0.1, 0.15) is 39.6 Å². The number of carbonyl (C=O) groups excluding carboxylic acids is 4. The summed E-state index contributed by atoms with van der Waals surface area (Å²) in [6.07, 6.45) is 2.77. The first-order valence-electron chi connectivity index (χ1n) is 13.6. The first-order chi connectivity index (χ1) is 19.3. The van der Waals surface area contributed by atoms with Gasteiger partial charge in [0.2, 0.25) is 23.6 Å². The fourth-order valence-corrected chi connectivity index (χ4v) is 8.81. The molecule has 1 aromatic carbocycles. The molecule has 6 atom stereocenters. The number of phenols is 1. The molecule has 3 aromatic rings. The minimum absolute atomic E-state index is 0.111. The smallest absolute Gasteiger partial charge is 0.234 e. The minimum Gasteiger partial charge on any atom is -0.507 e. The summed E-state index contributed by atoms with van der Waals surface area (Å²) in [6.45, 7) is 2.29. The molecule has 0 unspecified atom stereocenters. The van der Waals surface area contributed by atoms with E-state index >= 15 is 0 Å². The highest BCUT2D eigenvalue weighted by molar-refractivity contribution is 7.10. The van der Waals surface area contributed by atoms with Gasteiger partial charge >= 0.3 is 0 Å². The number of nitrogens with zero attached hydrogens (tertiary/aromatic N) is 2. The Hall–Kier alpha value is -3.56. The van der Waals surface area contributed by atoms with Crippen LogP contribution in [0.2, 0.25) is 0 Å². The minimum atomic E-state index is -0.659. The van der Waals surface area contributed by atoms with Gasteiger partial charge in [-0.2, -0.15) is 0 Å². The molecule has 3 fully saturated rings. The maximum absolute atomic E-state index is 14.0.